The van der Waals surface area contributed by atoms with E-state index in [2.05, 4.69) is 54.9 Å². The molecule has 0 spiro atoms. The number of nitrogens with zero attached hydrogens (tertiary/aromatic N) is 4. The Morgan fingerprint density at radius 2 is 2.00 bits per heavy atom. The molecule has 0 aliphatic heterocycles. The number of fused-ring (bicyclic) bond motifs is 1. The number of aryl methyl sites for hydroxylation is 2. The number of hydrogen-bond acceptors (Lipinski definition) is 5. The average Bonchev–Trinajstić information content (AvgIpc) is 3.19. The first-order chi connectivity index (χ1) is 14.8. The number of nitrogens with one attached hydrogen (secondary N) is 1. The predicted octanol–water partition coefficient (Wildman–Crippen LogP) is 4.69. The number of aromatic nitrogens is 4. The van der Waals surface area contributed by atoms with Crippen molar-refractivity contribution in [1.29, 1.82) is 0 Å². The van der Waals surface area contributed by atoms with E-state index in [1.807, 2.05) is 43.2 Å². The third kappa shape index (κ3) is 5.20. The zero-order valence-electron chi connectivity index (χ0n) is 19.3. The molecule has 0 fully saturated rings. The minimum atomic E-state index is 0.333. The molecule has 1 aliphatic rings. The normalized spacial score (nSPS) is 16.3. The lowest BCUT2D eigenvalue weighted by Crippen LogP contribution is -2.27. The van der Waals surface area contributed by atoms with Gasteiger partial charge in [-0.25, -0.2) is 9.50 Å². The Morgan fingerprint density at radius 1 is 1.23 bits per heavy atom. The summed E-state index contributed by atoms with van der Waals surface area (Å²) in [7, 11) is 1.95. The van der Waals surface area contributed by atoms with Crippen molar-refractivity contribution in [2.75, 3.05) is 7.05 Å². The first-order valence-electron chi connectivity index (χ1n) is 10.9. The van der Waals surface area contributed by atoms with Gasteiger partial charge in [-0.3, -0.25) is 4.98 Å². The first kappa shape index (κ1) is 22.7. The Kier molecular flexibility index (Phi) is 7.23. The van der Waals surface area contributed by atoms with Crippen LogP contribution in [0.15, 0.2) is 54.6 Å². The van der Waals surface area contributed by atoms with Gasteiger partial charge >= 0.3 is 0 Å². The van der Waals surface area contributed by atoms with Crippen LogP contribution in [0.25, 0.3) is 16.9 Å². The Labute approximate surface area is 185 Å². The molecule has 0 amide bonds. The van der Waals surface area contributed by atoms with Crippen LogP contribution in [0.2, 0.25) is 0 Å². The van der Waals surface area contributed by atoms with E-state index in [0.717, 1.165) is 47.4 Å². The predicted molar refractivity (Wildman–Crippen MR) is 128 cm³/mol. The van der Waals surface area contributed by atoms with Gasteiger partial charge in [0.25, 0.3) is 0 Å². The second-order valence-corrected chi connectivity index (χ2v) is 8.48. The van der Waals surface area contributed by atoms with Crippen molar-refractivity contribution in [3.05, 3.63) is 71.5 Å². The van der Waals surface area contributed by atoms with Gasteiger partial charge in [0, 0.05) is 48.0 Å². The van der Waals surface area contributed by atoms with Gasteiger partial charge in [0.05, 0.1) is 11.9 Å². The van der Waals surface area contributed by atoms with E-state index in [1.165, 1.54) is 16.8 Å². The molecule has 0 radical (unpaired) electrons. The smallest absolute Gasteiger partial charge is 0.159 e. The van der Waals surface area contributed by atoms with E-state index in [9.17, 15) is 0 Å². The maximum Gasteiger partial charge on any atom is 0.159 e. The maximum absolute atomic E-state index is 5.81. The van der Waals surface area contributed by atoms with E-state index in [1.54, 1.807) is 0 Å². The molecular formula is C25H34N6. The average molecular weight is 419 g/mol. The summed E-state index contributed by atoms with van der Waals surface area (Å²) in [5.41, 5.74) is 14.7. The molecule has 0 saturated heterocycles. The molecule has 3 aromatic heterocycles. The summed E-state index contributed by atoms with van der Waals surface area (Å²) in [5, 5.41) is 7.61. The Bertz CT molecular complexity index is 1090. The molecule has 31 heavy (non-hydrogen) atoms. The van der Waals surface area contributed by atoms with Crippen LogP contribution in [0.3, 0.4) is 0 Å². The fraction of sp³-hybridized carbons (Fsp3) is 0.400. The van der Waals surface area contributed by atoms with Gasteiger partial charge in [0.2, 0.25) is 0 Å². The van der Waals surface area contributed by atoms with Crippen LogP contribution in [-0.2, 0) is 0 Å². The minimum absolute atomic E-state index is 0.333. The van der Waals surface area contributed by atoms with Crippen LogP contribution in [0, 0.1) is 13.8 Å². The molecule has 164 valence electrons. The first-order valence-corrected chi connectivity index (χ1v) is 10.9. The van der Waals surface area contributed by atoms with Crippen LogP contribution in [0.1, 0.15) is 55.8 Å². The van der Waals surface area contributed by atoms with Crippen LogP contribution < -0.4 is 11.1 Å². The van der Waals surface area contributed by atoms with E-state index >= 15 is 0 Å². The van der Waals surface area contributed by atoms with Crippen molar-refractivity contribution in [2.45, 2.75) is 58.9 Å². The van der Waals surface area contributed by atoms with Crippen LogP contribution in [-0.4, -0.2) is 32.7 Å². The van der Waals surface area contributed by atoms with Crippen molar-refractivity contribution >= 4 is 5.65 Å². The summed E-state index contributed by atoms with van der Waals surface area (Å²) >= 11 is 0. The Morgan fingerprint density at radius 3 is 2.65 bits per heavy atom. The van der Waals surface area contributed by atoms with E-state index in [-0.39, 0.29) is 0 Å². The minimum Gasteiger partial charge on any atom is -0.391 e. The van der Waals surface area contributed by atoms with E-state index < -0.39 is 0 Å². The van der Waals surface area contributed by atoms with Crippen LogP contribution in [0.5, 0.6) is 0 Å². The topological polar surface area (TPSA) is 81.1 Å². The lowest BCUT2D eigenvalue weighted by molar-refractivity contribution is 0.559. The third-order valence-electron chi connectivity index (χ3n) is 5.65. The molecule has 6 heteroatoms. The highest BCUT2D eigenvalue weighted by Crippen LogP contribution is 2.24. The number of nitrogens with two attached hydrogens (primary N) is 1. The summed E-state index contributed by atoms with van der Waals surface area (Å²) in [4.78, 5) is 9.04. The number of rotatable bonds is 4. The van der Waals surface area contributed by atoms with Crippen LogP contribution >= 0.6 is 0 Å². The van der Waals surface area contributed by atoms with Crippen molar-refractivity contribution in [3.63, 3.8) is 0 Å². The number of hydrogen-bond donors (Lipinski definition) is 2. The number of pyridine rings is 1. The summed E-state index contributed by atoms with van der Waals surface area (Å²) < 4.78 is 1.90. The monoisotopic (exact) mass is 418 g/mol. The fourth-order valence-electron chi connectivity index (χ4n) is 3.87. The Hall–Kier alpha value is -2.99. The highest BCUT2D eigenvalue weighted by molar-refractivity contribution is 5.63. The fourth-order valence-corrected chi connectivity index (χ4v) is 3.87. The van der Waals surface area contributed by atoms with Gasteiger partial charge in [-0.2, -0.15) is 5.10 Å². The Balaban J connectivity index is 0.000000210. The lowest BCUT2D eigenvalue weighted by Gasteiger charge is -2.22. The van der Waals surface area contributed by atoms with Gasteiger partial charge in [0.1, 0.15) is 0 Å². The molecule has 3 aromatic rings. The molecule has 6 nitrogen and oxygen atoms in total. The second kappa shape index (κ2) is 9.88. The summed E-state index contributed by atoms with van der Waals surface area (Å²) in [5.74, 6) is 0.408. The maximum atomic E-state index is 5.81. The molecule has 1 atom stereocenters. The highest BCUT2D eigenvalue weighted by Gasteiger charge is 2.15. The van der Waals surface area contributed by atoms with Gasteiger partial charge in [0.15, 0.2) is 5.65 Å². The number of allylic oxidation sites excluding steroid dienone is 2. The summed E-state index contributed by atoms with van der Waals surface area (Å²) in [6.45, 7) is 12.2. The largest absolute Gasteiger partial charge is 0.391 e. The zero-order chi connectivity index (χ0) is 22.5. The van der Waals surface area contributed by atoms with Crippen LogP contribution in [0.4, 0.5) is 0 Å². The van der Waals surface area contributed by atoms with Gasteiger partial charge in [-0.05, 0) is 62.3 Å². The highest BCUT2D eigenvalue weighted by atomic mass is 15.3. The quantitative estimate of drug-likeness (QED) is 0.642. The molecule has 3 heterocycles. The SMILES string of the molecule is C=CC1=C(NC)CCC(N)C1.Cc1cncc(-c2cc(C)n3ncc(C(C)C)c3n2)c1. The van der Waals surface area contributed by atoms with Crippen molar-refractivity contribution in [1.82, 2.24) is 24.9 Å². The molecule has 0 saturated carbocycles. The molecule has 1 aliphatic carbocycles. The van der Waals surface area contributed by atoms with Gasteiger partial charge < -0.3 is 11.1 Å². The van der Waals surface area contributed by atoms with Gasteiger partial charge in [-0.15, -0.1) is 0 Å². The summed E-state index contributed by atoms with van der Waals surface area (Å²) in [6.07, 6.45) is 10.7. The third-order valence-corrected chi connectivity index (χ3v) is 5.65. The molecule has 0 aromatic carbocycles. The van der Waals surface area contributed by atoms with E-state index in [0.29, 0.717) is 12.0 Å². The summed E-state index contributed by atoms with van der Waals surface area (Å²) in [6, 6.07) is 4.50. The van der Waals surface area contributed by atoms with Crippen molar-refractivity contribution in [2.24, 2.45) is 5.73 Å². The standard InChI is InChI=1S/C16H18N4.C9H16N2/c1-10(2)14-9-18-20-12(4)6-15(19-16(14)20)13-5-11(3)7-17-8-13;1-3-7-6-8(10)4-5-9(7)11-2/h5-10H,1-4H3;3,8,11H,1,4-6,10H2,2H3. The second-order valence-electron chi connectivity index (χ2n) is 8.48. The van der Waals surface area contributed by atoms with Crippen molar-refractivity contribution in [3.8, 4) is 11.3 Å². The molecule has 1 unspecified atom stereocenters. The lowest BCUT2D eigenvalue weighted by atomic mass is 9.92. The zero-order valence-corrected chi connectivity index (χ0v) is 19.3. The molecular weight excluding hydrogens is 384 g/mol. The van der Waals surface area contributed by atoms with Crippen molar-refractivity contribution < 1.29 is 0 Å². The van der Waals surface area contributed by atoms with E-state index in [4.69, 9.17) is 10.7 Å². The molecule has 4 rings (SSSR count). The molecule has 0 bridgehead atoms. The van der Waals surface area contributed by atoms with Gasteiger partial charge in [-0.1, -0.05) is 26.5 Å². The molecule has 3 N–H and O–H groups in total.